The molecular formula is C8H9BrO4S. The van der Waals surface area contributed by atoms with Gasteiger partial charge in [0.15, 0.2) is 4.51 Å². The van der Waals surface area contributed by atoms with Crippen LogP contribution in [0.1, 0.15) is 12.5 Å². The van der Waals surface area contributed by atoms with Gasteiger partial charge in [0.1, 0.15) is 0 Å². The lowest BCUT2D eigenvalue weighted by Gasteiger charge is -2.20. The second-order valence-electron chi connectivity index (χ2n) is 2.79. The molecular weight excluding hydrogens is 272 g/mol. The van der Waals surface area contributed by atoms with E-state index in [9.17, 15) is 8.42 Å². The molecule has 0 bridgehead atoms. The van der Waals surface area contributed by atoms with Gasteiger partial charge < -0.3 is 0 Å². The van der Waals surface area contributed by atoms with Crippen molar-refractivity contribution in [3.05, 3.63) is 35.9 Å². The van der Waals surface area contributed by atoms with Crippen molar-refractivity contribution in [2.45, 2.75) is 11.4 Å². The van der Waals surface area contributed by atoms with Gasteiger partial charge in [0.05, 0.1) is 0 Å². The molecule has 1 aromatic rings. The van der Waals surface area contributed by atoms with E-state index in [1.54, 1.807) is 30.3 Å². The van der Waals surface area contributed by atoms with Crippen LogP contribution in [0, 0.1) is 0 Å². The lowest BCUT2D eigenvalue weighted by molar-refractivity contribution is 0.175. The second-order valence-corrected chi connectivity index (χ2v) is 5.33. The molecule has 0 fully saturated rings. The van der Waals surface area contributed by atoms with Crippen LogP contribution in [0.2, 0.25) is 0 Å². The zero-order valence-electron chi connectivity index (χ0n) is 7.34. The van der Waals surface area contributed by atoms with Crippen LogP contribution in [0.15, 0.2) is 30.3 Å². The van der Waals surface area contributed by atoms with Crippen LogP contribution in [0.25, 0.3) is 0 Å². The van der Waals surface area contributed by atoms with E-state index < -0.39 is 14.9 Å². The summed E-state index contributed by atoms with van der Waals surface area (Å²) in [7, 11) is -4.48. The fourth-order valence-corrected chi connectivity index (χ4v) is 2.24. The Morgan fingerprint density at radius 1 is 1.36 bits per heavy atom. The molecule has 0 amide bonds. The first-order valence-corrected chi connectivity index (χ1v) is 5.89. The van der Waals surface area contributed by atoms with Gasteiger partial charge in [-0.15, -0.1) is 0 Å². The Morgan fingerprint density at radius 2 is 1.86 bits per heavy atom. The minimum absolute atomic E-state index is 0.595. The van der Waals surface area contributed by atoms with E-state index in [1.807, 2.05) is 0 Å². The molecule has 0 aliphatic rings. The molecule has 6 heteroatoms. The minimum Gasteiger partial charge on any atom is -0.263 e. The Morgan fingerprint density at radius 3 is 2.29 bits per heavy atom. The molecule has 78 valence electrons. The van der Waals surface area contributed by atoms with Gasteiger partial charge in [-0.05, 0) is 28.4 Å². The highest BCUT2D eigenvalue weighted by Crippen LogP contribution is 2.33. The van der Waals surface area contributed by atoms with Crippen molar-refractivity contribution in [3.8, 4) is 0 Å². The Hall–Kier alpha value is -0.430. The topological polar surface area (TPSA) is 63.6 Å². The van der Waals surface area contributed by atoms with E-state index in [1.165, 1.54) is 6.92 Å². The number of hydrogen-bond donors (Lipinski definition) is 1. The summed E-state index contributed by atoms with van der Waals surface area (Å²) in [6, 6.07) is 8.63. The largest absolute Gasteiger partial charge is 0.399 e. The smallest absolute Gasteiger partial charge is 0.263 e. The summed E-state index contributed by atoms with van der Waals surface area (Å²) in [6.45, 7) is 1.48. The third kappa shape index (κ3) is 3.38. The molecule has 1 atom stereocenters. The van der Waals surface area contributed by atoms with Crippen molar-refractivity contribution in [2.75, 3.05) is 0 Å². The van der Waals surface area contributed by atoms with Crippen LogP contribution in [-0.4, -0.2) is 13.0 Å². The fourth-order valence-electron chi connectivity index (χ4n) is 0.982. The molecule has 1 rings (SSSR count). The Balaban J connectivity index is 2.97. The van der Waals surface area contributed by atoms with Gasteiger partial charge in [0.25, 0.3) is 0 Å². The lowest BCUT2D eigenvalue weighted by Crippen LogP contribution is -2.21. The highest BCUT2D eigenvalue weighted by Gasteiger charge is 2.29. The molecule has 0 aromatic heterocycles. The summed E-state index contributed by atoms with van der Waals surface area (Å²) in [6.07, 6.45) is 0. The molecule has 0 saturated carbocycles. The van der Waals surface area contributed by atoms with Crippen LogP contribution < -0.4 is 0 Å². The molecule has 1 unspecified atom stereocenters. The molecule has 1 aromatic carbocycles. The van der Waals surface area contributed by atoms with Gasteiger partial charge >= 0.3 is 10.4 Å². The van der Waals surface area contributed by atoms with Crippen LogP contribution in [0.5, 0.6) is 0 Å². The van der Waals surface area contributed by atoms with E-state index in [0.717, 1.165) is 0 Å². The highest BCUT2D eigenvalue weighted by atomic mass is 79.9. The Bertz CT molecular complexity index is 399. The van der Waals surface area contributed by atoms with E-state index in [0.29, 0.717) is 5.56 Å². The zero-order chi connectivity index (χ0) is 10.8. The summed E-state index contributed by atoms with van der Waals surface area (Å²) in [5, 5.41) is 0. The summed E-state index contributed by atoms with van der Waals surface area (Å²) >= 11 is 3.06. The van der Waals surface area contributed by atoms with Crippen molar-refractivity contribution < 1.29 is 17.2 Å². The second kappa shape index (κ2) is 3.98. The monoisotopic (exact) mass is 280 g/mol. The quantitative estimate of drug-likeness (QED) is 0.680. The van der Waals surface area contributed by atoms with Gasteiger partial charge in [0.2, 0.25) is 0 Å². The number of hydrogen-bond acceptors (Lipinski definition) is 3. The van der Waals surface area contributed by atoms with Gasteiger partial charge in [-0.2, -0.15) is 8.42 Å². The standard InChI is InChI=1S/C8H9BrO4S/c1-8(9,13-14(10,11)12)7-5-3-2-4-6-7/h2-6H,1H3,(H,10,11,12). The van der Waals surface area contributed by atoms with Gasteiger partial charge in [-0.1, -0.05) is 30.3 Å². The molecule has 0 aliphatic carbocycles. The molecule has 0 saturated heterocycles. The average molecular weight is 281 g/mol. The zero-order valence-corrected chi connectivity index (χ0v) is 9.75. The van der Waals surface area contributed by atoms with Crippen LogP contribution in [0.4, 0.5) is 0 Å². The number of alkyl halides is 1. The van der Waals surface area contributed by atoms with E-state index in [4.69, 9.17) is 4.55 Å². The van der Waals surface area contributed by atoms with Crippen molar-refractivity contribution in [2.24, 2.45) is 0 Å². The molecule has 0 heterocycles. The van der Waals surface area contributed by atoms with Crippen LogP contribution in [0.3, 0.4) is 0 Å². The van der Waals surface area contributed by atoms with Gasteiger partial charge in [-0.25, -0.2) is 4.18 Å². The first kappa shape index (κ1) is 11.6. The molecule has 14 heavy (non-hydrogen) atoms. The van der Waals surface area contributed by atoms with Gasteiger partial charge in [-0.3, -0.25) is 4.55 Å². The molecule has 0 spiro atoms. The number of halogens is 1. The lowest BCUT2D eigenvalue weighted by atomic mass is 10.1. The number of rotatable bonds is 3. The van der Waals surface area contributed by atoms with E-state index >= 15 is 0 Å². The maximum Gasteiger partial charge on any atom is 0.399 e. The van der Waals surface area contributed by atoms with E-state index in [-0.39, 0.29) is 0 Å². The maximum atomic E-state index is 10.5. The fraction of sp³-hybridized carbons (Fsp3) is 0.250. The first-order chi connectivity index (χ1) is 6.31. The number of benzene rings is 1. The maximum absolute atomic E-state index is 10.5. The molecule has 4 nitrogen and oxygen atoms in total. The van der Waals surface area contributed by atoms with Gasteiger partial charge in [0, 0.05) is 0 Å². The Kier molecular flexibility index (Phi) is 3.31. The Labute approximate surface area is 91.0 Å². The predicted octanol–water partition coefficient (Wildman–Crippen LogP) is 2.07. The molecule has 0 aliphatic heterocycles. The first-order valence-electron chi connectivity index (χ1n) is 3.74. The summed E-state index contributed by atoms with van der Waals surface area (Å²) < 4.78 is 32.8. The van der Waals surface area contributed by atoms with E-state index in [2.05, 4.69) is 20.1 Å². The SMILES string of the molecule is CC(Br)(OS(=O)(=O)O)c1ccccc1. The van der Waals surface area contributed by atoms with Crippen molar-refractivity contribution in [1.29, 1.82) is 0 Å². The summed E-state index contributed by atoms with van der Waals surface area (Å²) in [4.78, 5) is 0. The van der Waals surface area contributed by atoms with Crippen molar-refractivity contribution in [3.63, 3.8) is 0 Å². The third-order valence-corrected chi connectivity index (χ3v) is 2.93. The summed E-state index contributed by atoms with van der Waals surface area (Å²) in [5.74, 6) is 0. The average Bonchev–Trinajstić information content (AvgIpc) is 2.01. The third-order valence-electron chi connectivity index (χ3n) is 1.55. The van der Waals surface area contributed by atoms with Crippen molar-refractivity contribution >= 4 is 26.3 Å². The normalized spacial score (nSPS) is 16.2. The molecule has 1 N–H and O–H groups in total. The summed E-state index contributed by atoms with van der Waals surface area (Å²) in [5.41, 5.74) is 0.595. The van der Waals surface area contributed by atoms with Crippen LogP contribution >= 0.6 is 15.9 Å². The molecule has 0 radical (unpaired) electrons. The van der Waals surface area contributed by atoms with Crippen molar-refractivity contribution in [1.82, 2.24) is 0 Å². The minimum atomic E-state index is -4.48. The highest BCUT2D eigenvalue weighted by molar-refractivity contribution is 9.09. The van der Waals surface area contributed by atoms with Crippen LogP contribution in [-0.2, 0) is 19.1 Å². The predicted molar refractivity (Wildman–Crippen MR) is 55.4 cm³/mol.